The molecule has 0 N–H and O–H groups in total. The van der Waals surface area contributed by atoms with E-state index < -0.39 is 6.10 Å². The zero-order valence-electron chi connectivity index (χ0n) is 53.3. The maximum atomic E-state index is 12.8. The first kappa shape index (κ1) is 76.9. The molecule has 0 spiro atoms. The second-order valence-corrected chi connectivity index (χ2v) is 23.4. The molecule has 80 heavy (non-hydrogen) atoms. The molecule has 0 aliphatic heterocycles. The summed E-state index contributed by atoms with van der Waals surface area (Å²) < 4.78 is 16.8. The van der Waals surface area contributed by atoms with E-state index in [1.807, 2.05) is 0 Å². The van der Waals surface area contributed by atoms with Crippen LogP contribution in [-0.4, -0.2) is 37.2 Å². The Hall–Kier alpha value is -3.15. The van der Waals surface area contributed by atoms with E-state index in [9.17, 15) is 14.4 Å². The third kappa shape index (κ3) is 65.7. The minimum absolute atomic E-state index is 0.0898. The van der Waals surface area contributed by atoms with Gasteiger partial charge in [-0.2, -0.15) is 0 Å². The Kier molecular flexibility index (Phi) is 65.7. The zero-order chi connectivity index (χ0) is 57.8. The largest absolute Gasteiger partial charge is 0.462 e. The number of unbranched alkanes of at least 4 members (excludes halogenated alkanes) is 41. The Morgan fingerprint density at radius 2 is 0.487 bits per heavy atom. The SMILES string of the molecule is CC/C=C\C/C=C\C/C=C\C/C=C\C/C=C\C/C=C\CCCCC(=O)OC(COC(=O)CCCCCCCCC)COC(=O)CCCCCCCCCCCCCCCCCCCCCCCCCCCCCCCCCCCC. The highest BCUT2D eigenvalue weighted by atomic mass is 16.6. The Bertz CT molecular complexity index is 1470. The number of rotatable bonds is 64. The molecule has 0 aliphatic rings. The molecule has 0 heterocycles. The molecule has 0 radical (unpaired) electrons. The number of carbonyl (C=O) groups is 3. The van der Waals surface area contributed by atoms with E-state index in [0.717, 1.165) is 89.9 Å². The van der Waals surface area contributed by atoms with Crippen molar-refractivity contribution in [3.63, 3.8) is 0 Å². The van der Waals surface area contributed by atoms with Crippen LogP contribution < -0.4 is 0 Å². The zero-order valence-corrected chi connectivity index (χ0v) is 53.3. The van der Waals surface area contributed by atoms with Gasteiger partial charge in [0, 0.05) is 19.3 Å². The maximum Gasteiger partial charge on any atom is 0.306 e. The van der Waals surface area contributed by atoms with E-state index in [0.29, 0.717) is 19.3 Å². The van der Waals surface area contributed by atoms with E-state index in [2.05, 4.69) is 93.7 Å². The van der Waals surface area contributed by atoms with Crippen molar-refractivity contribution in [2.24, 2.45) is 0 Å². The summed E-state index contributed by atoms with van der Waals surface area (Å²) in [5.74, 6) is -0.926. The molecule has 6 heteroatoms. The van der Waals surface area contributed by atoms with Gasteiger partial charge in [0.1, 0.15) is 13.2 Å². The second-order valence-electron chi connectivity index (χ2n) is 23.4. The molecule has 0 rings (SSSR count). The highest BCUT2D eigenvalue weighted by molar-refractivity contribution is 5.71. The molecule has 0 aromatic heterocycles. The number of esters is 3. The van der Waals surface area contributed by atoms with Gasteiger partial charge in [0.25, 0.3) is 0 Å². The Morgan fingerprint density at radius 1 is 0.263 bits per heavy atom. The van der Waals surface area contributed by atoms with Crippen molar-refractivity contribution >= 4 is 17.9 Å². The lowest BCUT2D eigenvalue weighted by atomic mass is 10.0. The molecule has 0 bridgehead atoms. The van der Waals surface area contributed by atoms with Gasteiger partial charge in [0.15, 0.2) is 6.10 Å². The fourth-order valence-corrected chi connectivity index (χ4v) is 10.3. The van der Waals surface area contributed by atoms with Gasteiger partial charge in [-0.15, -0.1) is 0 Å². The summed E-state index contributed by atoms with van der Waals surface area (Å²) >= 11 is 0. The van der Waals surface area contributed by atoms with Gasteiger partial charge in [0.05, 0.1) is 0 Å². The lowest BCUT2D eigenvalue weighted by Crippen LogP contribution is -2.30. The van der Waals surface area contributed by atoms with Gasteiger partial charge in [-0.1, -0.05) is 344 Å². The van der Waals surface area contributed by atoms with Gasteiger partial charge in [-0.05, 0) is 70.6 Å². The van der Waals surface area contributed by atoms with Gasteiger partial charge in [-0.25, -0.2) is 0 Å². The highest BCUT2D eigenvalue weighted by Gasteiger charge is 2.19. The van der Waals surface area contributed by atoms with Gasteiger partial charge < -0.3 is 14.2 Å². The molecular formula is C74H132O6. The predicted molar refractivity (Wildman–Crippen MR) is 348 cm³/mol. The molecule has 0 amide bonds. The maximum absolute atomic E-state index is 12.8. The molecule has 464 valence electrons. The van der Waals surface area contributed by atoms with Crippen LogP contribution in [0.2, 0.25) is 0 Å². The average molecular weight is 1120 g/mol. The molecule has 0 aromatic rings. The Labute approximate surface area is 497 Å². The third-order valence-electron chi connectivity index (χ3n) is 15.5. The van der Waals surface area contributed by atoms with Crippen molar-refractivity contribution in [2.45, 2.75) is 367 Å². The Balaban J connectivity index is 4.02. The summed E-state index contributed by atoms with van der Waals surface area (Å²) in [5.41, 5.74) is 0. The molecule has 0 saturated carbocycles. The van der Waals surface area contributed by atoms with Gasteiger partial charge >= 0.3 is 17.9 Å². The van der Waals surface area contributed by atoms with E-state index >= 15 is 0 Å². The lowest BCUT2D eigenvalue weighted by molar-refractivity contribution is -0.167. The first-order chi connectivity index (χ1) is 39.5. The summed E-state index contributed by atoms with van der Waals surface area (Å²) in [6.45, 7) is 6.49. The van der Waals surface area contributed by atoms with Crippen LogP contribution in [0.1, 0.15) is 361 Å². The van der Waals surface area contributed by atoms with E-state index in [1.165, 1.54) is 225 Å². The van der Waals surface area contributed by atoms with Crippen LogP contribution in [0.4, 0.5) is 0 Å². The molecule has 6 nitrogen and oxygen atoms in total. The van der Waals surface area contributed by atoms with E-state index in [4.69, 9.17) is 14.2 Å². The monoisotopic (exact) mass is 1120 g/mol. The van der Waals surface area contributed by atoms with Crippen LogP contribution >= 0.6 is 0 Å². The van der Waals surface area contributed by atoms with E-state index in [-0.39, 0.29) is 37.5 Å². The molecule has 1 unspecified atom stereocenters. The smallest absolute Gasteiger partial charge is 0.306 e. The third-order valence-corrected chi connectivity index (χ3v) is 15.5. The van der Waals surface area contributed by atoms with Crippen molar-refractivity contribution < 1.29 is 28.6 Å². The standard InChI is InChI=1S/C74H132O6/c1-4-7-10-13-16-18-20-22-24-26-28-30-31-32-33-34-35-36-37-38-39-40-41-42-44-45-47-49-51-53-55-58-61-64-67-73(76)79-70-71(69-78-72(75)66-63-60-57-15-12-9-6-3)80-74(77)68-65-62-59-56-54-52-50-48-46-43-29-27-25-23-21-19-17-14-11-8-5-2/h8,11,17,19,23,25,29,43,48,50,54,56,71H,4-7,9-10,12-16,18,20-22,24,26-28,30-42,44-47,49,51-53,55,57-70H2,1-3H3/b11-8-,19-17-,25-23-,43-29-,50-48-,56-54-. The van der Waals surface area contributed by atoms with Crippen LogP contribution in [0.3, 0.4) is 0 Å². The Morgan fingerprint density at radius 3 is 0.762 bits per heavy atom. The fourth-order valence-electron chi connectivity index (χ4n) is 10.3. The van der Waals surface area contributed by atoms with Crippen LogP contribution in [0.5, 0.6) is 0 Å². The lowest BCUT2D eigenvalue weighted by Gasteiger charge is -2.18. The van der Waals surface area contributed by atoms with Crippen LogP contribution in [-0.2, 0) is 28.6 Å². The molecule has 0 fully saturated rings. The fraction of sp³-hybridized carbons (Fsp3) is 0.797. The summed E-state index contributed by atoms with van der Waals surface area (Å²) in [5, 5.41) is 0. The molecule has 0 aromatic carbocycles. The van der Waals surface area contributed by atoms with Crippen LogP contribution in [0.25, 0.3) is 0 Å². The summed E-state index contributed by atoms with van der Waals surface area (Å²) in [4.78, 5) is 38.1. The number of ether oxygens (including phenoxy) is 3. The number of carbonyl (C=O) groups excluding carboxylic acids is 3. The van der Waals surface area contributed by atoms with Gasteiger partial charge in [0.2, 0.25) is 0 Å². The summed E-state index contributed by atoms with van der Waals surface area (Å²) in [7, 11) is 0. The van der Waals surface area contributed by atoms with E-state index in [1.54, 1.807) is 0 Å². The average Bonchev–Trinajstić information content (AvgIpc) is 3.46. The quantitative estimate of drug-likeness (QED) is 0.0261. The molecule has 1 atom stereocenters. The van der Waals surface area contributed by atoms with Crippen molar-refractivity contribution in [1.82, 2.24) is 0 Å². The number of allylic oxidation sites excluding steroid dienone is 12. The summed E-state index contributed by atoms with van der Waals surface area (Å²) in [6.07, 6.45) is 89.9. The first-order valence-electron chi connectivity index (χ1n) is 34.9. The van der Waals surface area contributed by atoms with Crippen LogP contribution in [0, 0.1) is 0 Å². The first-order valence-corrected chi connectivity index (χ1v) is 34.9. The minimum Gasteiger partial charge on any atom is -0.462 e. The minimum atomic E-state index is -0.796. The predicted octanol–water partition coefficient (Wildman–Crippen LogP) is 24.1. The second kappa shape index (κ2) is 68.3. The molecule has 0 saturated heterocycles. The highest BCUT2D eigenvalue weighted by Crippen LogP contribution is 2.18. The normalized spacial score (nSPS) is 12.5. The van der Waals surface area contributed by atoms with Crippen LogP contribution in [0.15, 0.2) is 72.9 Å². The topological polar surface area (TPSA) is 78.9 Å². The molecular weight excluding hydrogens is 985 g/mol. The van der Waals surface area contributed by atoms with Crippen molar-refractivity contribution in [3.8, 4) is 0 Å². The van der Waals surface area contributed by atoms with Crippen molar-refractivity contribution in [3.05, 3.63) is 72.9 Å². The summed E-state index contributed by atoms with van der Waals surface area (Å²) in [6, 6.07) is 0. The van der Waals surface area contributed by atoms with Gasteiger partial charge in [-0.3, -0.25) is 14.4 Å². The van der Waals surface area contributed by atoms with Crippen molar-refractivity contribution in [2.75, 3.05) is 13.2 Å². The number of hydrogen-bond donors (Lipinski definition) is 0. The molecule has 0 aliphatic carbocycles. The number of hydrogen-bond acceptors (Lipinski definition) is 6. The van der Waals surface area contributed by atoms with Crippen molar-refractivity contribution in [1.29, 1.82) is 0 Å².